The summed E-state index contributed by atoms with van der Waals surface area (Å²) in [6.07, 6.45) is 10.1. The largest absolute Gasteiger partial charge is 0.335 e. The van der Waals surface area contributed by atoms with Crippen LogP contribution in [0.25, 0.3) is 0 Å². The van der Waals surface area contributed by atoms with Crippen LogP contribution in [0, 0.1) is 30.6 Å². The molecule has 5 aliphatic carbocycles. The van der Waals surface area contributed by atoms with Crippen LogP contribution < -0.4 is 5.32 Å². The highest BCUT2D eigenvalue weighted by Crippen LogP contribution is 2.56. The lowest BCUT2D eigenvalue weighted by Gasteiger charge is -2.54. The van der Waals surface area contributed by atoms with Crippen molar-refractivity contribution in [2.75, 3.05) is 19.7 Å². The summed E-state index contributed by atoms with van der Waals surface area (Å²) in [4.78, 5) is 15.7. The maximum Gasteiger partial charge on any atom is 0.317 e. The van der Waals surface area contributed by atoms with Crippen LogP contribution in [0.4, 0.5) is 4.79 Å². The van der Waals surface area contributed by atoms with Crippen LogP contribution in [-0.2, 0) is 19.7 Å². The van der Waals surface area contributed by atoms with Gasteiger partial charge in [-0.15, -0.1) is 0 Å². The van der Waals surface area contributed by atoms with Gasteiger partial charge in [-0.25, -0.2) is 4.79 Å². The molecule has 6 nitrogen and oxygen atoms in total. The first-order valence-electron chi connectivity index (χ1n) is 15.5. The third kappa shape index (κ3) is 5.16. The van der Waals surface area contributed by atoms with Crippen LogP contribution in [0.2, 0.25) is 0 Å². The number of carbonyl (C=O) groups is 1. The van der Waals surface area contributed by atoms with E-state index >= 15 is 0 Å². The second-order valence-corrected chi connectivity index (χ2v) is 16.1. The van der Waals surface area contributed by atoms with E-state index in [1.807, 2.05) is 6.92 Å². The first kappa shape index (κ1) is 27.9. The lowest BCUT2D eigenvalue weighted by molar-refractivity contribution is -0.0115. The Kier molecular flexibility index (Phi) is 7.26. The number of urea groups is 1. The molecule has 4 saturated carbocycles. The monoisotopic (exact) mass is 640 g/mol. The quantitative estimate of drug-likeness (QED) is 0.348. The standard InChI is InChI=1S/C33H41BrN2O4S/c1-21-5-7-27(8-6-21)41(38,39)40-14-9-24-20-33(30-28(24)3-2-4-29(30)34)10-12-36(13-11-33)32(37)35-31-25-16-22-15-23(18-25)19-26(31)17-22/h2-8,22-26,31H,9-20H2,1H3,(H,35,37). The summed E-state index contributed by atoms with van der Waals surface area (Å²) >= 11 is 3.85. The number of nitrogens with zero attached hydrogens (tertiary/aromatic N) is 1. The Hall–Kier alpha value is -1.90. The predicted molar refractivity (Wildman–Crippen MR) is 162 cm³/mol. The Bertz CT molecular complexity index is 1390. The van der Waals surface area contributed by atoms with Gasteiger partial charge in [0.15, 0.2) is 0 Å². The number of benzene rings is 2. The third-order valence-electron chi connectivity index (χ3n) is 11.2. The molecule has 8 rings (SSSR count). The lowest BCUT2D eigenvalue weighted by atomic mass is 9.54. The molecule has 2 amide bonds. The number of carbonyl (C=O) groups excluding carboxylic acids is 1. The molecule has 1 unspecified atom stereocenters. The third-order valence-corrected chi connectivity index (χ3v) is 13.2. The average molecular weight is 642 g/mol. The summed E-state index contributed by atoms with van der Waals surface area (Å²) < 4.78 is 32.1. The number of halogens is 1. The van der Waals surface area contributed by atoms with Crippen molar-refractivity contribution in [3.63, 3.8) is 0 Å². The fourth-order valence-corrected chi connectivity index (χ4v) is 11.2. The van der Waals surface area contributed by atoms with Gasteiger partial charge in [0.2, 0.25) is 0 Å². The Morgan fingerprint density at radius 3 is 2.32 bits per heavy atom. The normalized spacial score (nSPS) is 31.4. The van der Waals surface area contributed by atoms with Gasteiger partial charge in [-0.3, -0.25) is 4.18 Å². The van der Waals surface area contributed by atoms with Gasteiger partial charge >= 0.3 is 6.03 Å². The number of aryl methyl sites for hydroxylation is 1. The number of piperidine rings is 1. The number of hydrogen-bond donors (Lipinski definition) is 1. The molecule has 4 bridgehead atoms. The van der Waals surface area contributed by atoms with Crippen molar-refractivity contribution in [2.45, 2.75) is 87.0 Å². The van der Waals surface area contributed by atoms with Crippen LogP contribution in [0.3, 0.4) is 0 Å². The van der Waals surface area contributed by atoms with Gasteiger partial charge in [-0.2, -0.15) is 8.42 Å². The lowest BCUT2D eigenvalue weighted by Crippen LogP contribution is -2.59. The highest BCUT2D eigenvalue weighted by molar-refractivity contribution is 9.10. The van der Waals surface area contributed by atoms with Crippen LogP contribution >= 0.6 is 15.9 Å². The van der Waals surface area contributed by atoms with E-state index in [0.717, 1.165) is 54.2 Å². The second kappa shape index (κ2) is 10.7. The molecule has 8 heteroatoms. The maximum atomic E-state index is 13.5. The first-order valence-corrected chi connectivity index (χ1v) is 17.7. The molecular formula is C33H41BrN2O4S. The number of likely N-dealkylation sites (tertiary alicyclic amines) is 1. The summed E-state index contributed by atoms with van der Waals surface area (Å²) in [6, 6.07) is 13.7. The fourth-order valence-electron chi connectivity index (χ4n) is 9.44. The number of nitrogens with one attached hydrogen (secondary N) is 1. The van der Waals surface area contributed by atoms with E-state index in [9.17, 15) is 13.2 Å². The second-order valence-electron chi connectivity index (χ2n) is 13.7. The number of amides is 2. The van der Waals surface area contributed by atoms with E-state index in [4.69, 9.17) is 4.18 Å². The summed E-state index contributed by atoms with van der Waals surface area (Å²) in [6.45, 7) is 3.60. The molecule has 1 atom stereocenters. The Morgan fingerprint density at radius 1 is 1.00 bits per heavy atom. The van der Waals surface area contributed by atoms with E-state index in [1.54, 1.807) is 24.3 Å². The van der Waals surface area contributed by atoms with E-state index in [0.29, 0.717) is 24.3 Å². The van der Waals surface area contributed by atoms with Crippen molar-refractivity contribution < 1.29 is 17.4 Å². The summed E-state index contributed by atoms with van der Waals surface area (Å²) in [5.41, 5.74) is 3.66. The molecule has 41 heavy (non-hydrogen) atoms. The van der Waals surface area contributed by atoms with E-state index < -0.39 is 10.1 Å². The van der Waals surface area contributed by atoms with Crippen molar-refractivity contribution in [1.29, 1.82) is 0 Å². The zero-order valence-corrected chi connectivity index (χ0v) is 26.3. The molecule has 0 aromatic heterocycles. The van der Waals surface area contributed by atoms with Crippen molar-refractivity contribution in [3.8, 4) is 0 Å². The van der Waals surface area contributed by atoms with Gasteiger partial charge in [-0.1, -0.05) is 45.8 Å². The van der Waals surface area contributed by atoms with Crippen LogP contribution in [0.5, 0.6) is 0 Å². The number of hydrogen-bond acceptors (Lipinski definition) is 4. The van der Waals surface area contributed by atoms with Gasteiger partial charge in [0.05, 0.1) is 11.5 Å². The minimum absolute atomic E-state index is 0.00463. The highest BCUT2D eigenvalue weighted by Gasteiger charge is 2.50. The van der Waals surface area contributed by atoms with Crippen molar-refractivity contribution in [3.05, 3.63) is 63.6 Å². The minimum Gasteiger partial charge on any atom is -0.335 e. The molecule has 1 spiro atoms. The zero-order valence-electron chi connectivity index (χ0n) is 23.9. The molecular weight excluding hydrogens is 600 g/mol. The summed E-state index contributed by atoms with van der Waals surface area (Å²) in [5.74, 6) is 3.40. The van der Waals surface area contributed by atoms with Crippen molar-refractivity contribution >= 4 is 32.1 Å². The zero-order chi connectivity index (χ0) is 28.4. The summed E-state index contributed by atoms with van der Waals surface area (Å²) in [7, 11) is -3.78. The Labute approximate surface area is 252 Å². The average Bonchev–Trinajstić information content (AvgIpc) is 3.24. The molecule has 1 N–H and O–H groups in total. The van der Waals surface area contributed by atoms with Crippen molar-refractivity contribution in [2.24, 2.45) is 23.7 Å². The molecule has 1 saturated heterocycles. The van der Waals surface area contributed by atoms with Crippen molar-refractivity contribution in [1.82, 2.24) is 10.2 Å². The SMILES string of the molecule is Cc1ccc(S(=O)(=O)OCCC2CC3(CCN(C(=O)NC4C5CC6CC(C5)CC4C6)CC3)c3c(Br)cccc32)cc1. The molecule has 1 heterocycles. The molecule has 0 radical (unpaired) electrons. The molecule has 2 aromatic rings. The molecule has 2 aromatic carbocycles. The van der Waals surface area contributed by atoms with E-state index in [2.05, 4.69) is 44.3 Å². The van der Waals surface area contributed by atoms with Gasteiger partial charge < -0.3 is 10.2 Å². The van der Waals surface area contributed by atoms with Gasteiger partial charge in [0.25, 0.3) is 10.1 Å². The van der Waals surface area contributed by atoms with Crippen LogP contribution in [0.15, 0.2) is 51.8 Å². The van der Waals surface area contributed by atoms with Crippen LogP contribution in [0.1, 0.15) is 80.4 Å². The topological polar surface area (TPSA) is 75.7 Å². The van der Waals surface area contributed by atoms with E-state index in [1.165, 1.54) is 43.2 Å². The number of fused-ring (bicyclic) bond motifs is 2. The van der Waals surface area contributed by atoms with Gasteiger partial charge in [0.1, 0.15) is 0 Å². The molecule has 5 fully saturated rings. The van der Waals surface area contributed by atoms with E-state index in [-0.39, 0.29) is 28.9 Å². The minimum atomic E-state index is -3.78. The smallest absolute Gasteiger partial charge is 0.317 e. The first-order chi connectivity index (χ1) is 19.7. The molecule has 6 aliphatic rings. The molecule has 220 valence electrons. The van der Waals surface area contributed by atoms with Gasteiger partial charge in [-0.05, 0) is 124 Å². The number of rotatable bonds is 6. The Morgan fingerprint density at radius 2 is 1.66 bits per heavy atom. The van der Waals surface area contributed by atoms with Gasteiger partial charge in [0, 0.05) is 29.0 Å². The maximum absolute atomic E-state index is 13.5. The van der Waals surface area contributed by atoms with Crippen LogP contribution in [-0.4, -0.2) is 45.1 Å². The summed E-state index contributed by atoms with van der Waals surface area (Å²) in [5, 5.41) is 3.51. The molecule has 1 aliphatic heterocycles. The fraction of sp³-hybridized carbons (Fsp3) is 0.606. The highest BCUT2D eigenvalue weighted by atomic mass is 79.9. The Balaban J connectivity index is 0.995. The predicted octanol–water partition coefficient (Wildman–Crippen LogP) is 6.91.